The highest BCUT2D eigenvalue weighted by Crippen LogP contribution is 2.39. The van der Waals surface area contributed by atoms with E-state index in [1.807, 2.05) is 6.07 Å². The van der Waals surface area contributed by atoms with Crippen LogP contribution in [0.3, 0.4) is 0 Å². The van der Waals surface area contributed by atoms with Crippen molar-refractivity contribution in [3.05, 3.63) is 48.2 Å². The predicted octanol–water partition coefficient (Wildman–Crippen LogP) is 3.32. The maximum absolute atomic E-state index is 11.6. The predicted molar refractivity (Wildman–Crippen MR) is 88.9 cm³/mol. The minimum Gasteiger partial charge on any atom is -0.506 e. The Kier molecular flexibility index (Phi) is 3.95. The highest BCUT2D eigenvalue weighted by Gasteiger charge is 2.19. The van der Waals surface area contributed by atoms with Gasteiger partial charge in [0.1, 0.15) is 16.8 Å². The van der Waals surface area contributed by atoms with E-state index < -0.39 is 5.97 Å². The largest absolute Gasteiger partial charge is 0.506 e. The lowest BCUT2D eigenvalue weighted by Crippen LogP contribution is -2.03. The molecule has 6 nitrogen and oxygen atoms in total. The number of rotatable bonds is 4. The summed E-state index contributed by atoms with van der Waals surface area (Å²) >= 11 is 0. The van der Waals surface area contributed by atoms with Crippen LogP contribution in [0.15, 0.2) is 42.6 Å². The Balaban J connectivity index is 2.33. The molecule has 2 N–H and O–H groups in total. The van der Waals surface area contributed by atoms with Crippen molar-refractivity contribution in [2.75, 3.05) is 14.2 Å². The number of aromatic nitrogens is 1. The van der Waals surface area contributed by atoms with Gasteiger partial charge in [-0.1, -0.05) is 6.07 Å². The fraction of sp³-hybridized carbons (Fsp3) is 0.111. The molecule has 24 heavy (non-hydrogen) atoms. The topological polar surface area (TPSA) is 88.9 Å². The van der Waals surface area contributed by atoms with E-state index in [1.54, 1.807) is 24.4 Å². The quantitative estimate of drug-likeness (QED) is 0.765. The first kappa shape index (κ1) is 15.6. The zero-order valence-corrected chi connectivity index (χ0v) is 13.1. The molecule has 0 aliphatic rings. The van der Waals surface area contributed by atoms with Gasteiger partial charge in [0.15, 0.2) is 11.5 Å². The van der Waals surface area contributed by atoms with Gasteiger partial charge in [0.2, 0.25) is 0 Å². The number of phenolic OH excluding ortho intramolecular Hbond substituents is 1. The Hall–Kier alpha value is -3.28. The van der Waals surface area contributed by atoms with Crippen molar-refractivity contribution in [2.45, 2.75) is 0 Å². The molecule has 3 aromatic rings. The lowest BCUT2D eigenvalue weighted by molar-refractivity contribution is 0.0692. The van der Waals surface area contributed by atoms with Crippen molar-refractivity contribution in [3.63, 3.8) is 0 Å². The Labute approximate surface area is 137 Å². The summed E-state index contributed by atoms with van der Waals surface area (Å²) in [6, 6.07) is 10.0. The van der Waals surface area contributed by atoms with Crippen molar-refractivity contribution < 1.29 is 24.5 Å². The van der Waals surface area contributed by atoms with Gasteiger partial charge < -0.3 is 19.7 Å². The number of fused-ring (bicyclic) bond motifs is 1. The third-order valence-corrected chi connectivity index (χ3v) is 3.77. The average Bonchev–Trinajstić information content (AvgIpc) is 2.61. The summed E-state index contributed by atoms with van der Waals surface area (Å²) in [5, 5.41) is 20.1. The number of phenols is 1. The average molecular weight is 325 g/mol. The van der Waals surface area contributed by atoms with Gasteiger partial charge in [-0.25, -0.2) is 4.79 Å². The molecule has 0 aliphatic carbocycles. The Morgan fingerprint density at radius 1 is 1.12 bits per heavy atom. The molecule has 1 heterocycles. The standard InChI is InChI=1S/C18H15NO5/c1-23-15-9-10(8-13(18(21)22)17(15)24-2)11-5-6-14(20)16-12(11)4-3-7-19-16/h3-9,20H,1-2H3,(H,21,22). The van der Waals surface area contributed by atoms with E-state index in [4.69, 9.17) is 9.47 Å². The van der Waals surface area contributed by atoms with E-state index in [9.17, 15) is 15.0 Å². The number of hydrogen-bond donors (Lipinski definition) is 2. The molecule has 0 saturated heterocycles. The van der Waals surface area contributed by atoms with Crippen molar-refractivity contribution in [2.24, 2.45) is 0 Å². The van der Waals surface area contributed by atoms with Crippen molar-refractivity contribution >= 4 is 16.9 Å². The molecular formula is C18H15NO5. The molecule has 0 saturated carbocycles. The van der Waals surface area contributed by atoms with Crippen molar-refractivity contribution in [3.8, 4) is 28.4 Å². The molecule has 0 radical (unpaired) electrons. The molecule has 1 aromatic heterocycles. The molecule has 0 spiro atoms. The second-order valence-electron chi connectivity index (χ2n) is 5.10. The SMILES string of the molecule is COc1cc(-c2ccc(O)c3ncccc23)cc(C(=O)O)c1OC. The van der Waals surface area contributed by atoms with E-state index in [0.717, 1.165) is 5.56 Å². The van der Waals surface area contributed by atoms with Crippen LogP contribution in [0.2, 0.25) is 0 Å². The van der Waals surface area contributed by atoms with Crippen LogP contribution in [-0.4, -0.2) is 35.4 Å². The zero-order valence-electron chi connectivity index (χ0n) is 13.1. The number of carbonyl (C=O) groups is 1. The van der Waals surface area contributed by atoms with Gasteiger partial charge in [0, 0.05) is 11.6 Å². The number of hydrogen-bond acceptors (Lipinski definition) is 5. The summed E-state index contributed by atoms with van der Waals surface area (Å²) in [5.74, 6) is -0.575. The third-order valence-electron chi connectivity index (χ3n) is 3.77. The van der Waals surface area contributed by atoms with Crippen molar-refractivity contribution in [1.82, 2.24) is 4.98 Å². The minimum absolute atomic E-state index is 0.00281. The molecule has 0 amide bonds. The van der Waals surface area contributed by atoms with E-state index in [2.05, 4.69) is 4.98 Å². The van der Waals surface area contributed by atoms with Gasteiger partial charge >= 0.3 is 5.97 Å². The van der Waals surface area contributed by atoms with Crippen LogP contribution >= 0.6 is 0 Å². The number of methoxy groups -OCH3 is 2. The Morgan fingerprint density at radius 2 is 1.92 bits per heavy atom. The Morgan fingerprint density at radius 3 is 2.58 bits per heavy atom. The van der Waals surface area contributed by atoms with Crippen LogP contribution in [0.25, 0.3) is 22.0 Å². The van der Waals surface area contributed by atoms with Crippen molar-refractivity contribution in [1.29, 1.82) is 0 Å². The maximum Gasteiger partial charge on any atom is 0.339 e. The van der Waals surface area contributed by atoms with E-state index in [-0.39, 0.29) is 17.1 Å². The highest BCUT2D eigenvalue weighted by molar-refractivity contribution is 6.00. The van der Waals surface area contributed by atoms with E-state index in [0.29, 0.717) is 22.2 Å². The lowest BCUT2D eigenvalue weighted by Gasteiger charge is -2.14. The summed E-state index contributed by atoms with van der Waals surface area (Å²) in [6.07, 6.45) is 1.59. The van der Waals surface area contributed by atoms with Gasteiger partial charge in [-0.05, 0) is 41.5 Å². The Bertz CT molecular complexity index is 936. The first-order chi connectivity index (χ1) is 11.6. The zero-order chi connectivity index (χ0) is 17.3. The molecule has 0 atom stereocenters. The van der Waals surface area contributed by atoms with Gasteiger partial charge in [0.25, 0.3) is 0 Å². The molecule has 2 aromatic carbocycles. The maximum atomic E-state index is 11.6. The van der Waals surface area contributed by atoms with Gasteiger partial charge in [-0.3, -0.25) is 4.98 Å². The third kappa shape index (κ3) is 2.48. The monoisotopic (exact) mass is 325 g/mol. The van der Waals surface area contributed by atoms with Crippen LogP contribution < -0.4 is 9.47 Å². The normalized spacial score (nSPS) is 10.6. The minimum atomic E-state index is -1.12. The molecule has 0 unspecified atom stereocenters. The summed E-state index contributed by atoms with van der Waals surface area (Å²) in [5.41, 5.74) is 1.81. The number of ether oxygens (including phenoxy) is 2. The fourth-order valence-corrected chi connectivity index (χ4v) is 2.69. The van der Waals surface area contributed by atoms with E-state index >= 15 is 0 Å². The van der Waals surface area contributed by atoms with Crippen LogP contribution in [0.1, 0.15) is 10.4 Å². The van der Waals surface area contributed by atoms with E-state index in [1.165, 1.54) is 26.4 Å². The summed E-state index contributed by atoms with van der Waals surface area (Å²) < 4.78 is 10.4. The summed E-state index contributed by atoms with van der Waals surface area (Å²) in [4.78, 5) is 15.7. The number of carboxylic acid groups (broad SMARTS) is 1. The molecule has 0 fully saturated rings. The van der Waals surface area contributed by atoms with Crippen LogP contribution in [0.5, 0.6) is 17.2 Å². The number of aromatic carboxylic acids is 1. The molecule has 3 rings (SSSR count). The molecule has 6 heteroatoms. The summed E-state index contributed by atoms with van der Waals surface area (Å²) in [6.45, 7) is 0. The number of pyridine rings is 1. The number of aromatic hydroxyl groups is 1. The smallest absolute Gasteiger partial charge is 0.339 e. The van der Waals surface area contributed by atoms with Gasteiger partial charge in [0.05, 0.1) is 14.2 Å². The van der Waals surface area contributed by atoms with Crippen LogP contribution in [0, 0.1) is 0 Å². The second-order valence-corrected chi connectivity index (χ2v) is 5.10. The fourth-order valence-electron chi connectivity index (χ4n) is 2.69. The lowest BCUT2D eigenvalue weighted by atomic mass is 9.97. The van der Waals surface area contributed by atoms with Gasteiger partial charge in [-0.15, -0.1) is 0 Å². The molecular weight excluding hydrogens is 310 g/mol. The molecule has 0 aliphatic heterocycles. The number of benzene rings is 2. The first-order valence-corrected chi connectivity index (χ1v) is 7.13. The number of nitrogens with zero attached hydrogens (tertiary/aromatic N) is 1. The molecule has 0 bridgehead atoms. The molecule has 122 valence electrons. The number of carboxylic acids is 1. The second kappa shape index (κ2) is 6.08. The van der Waals surface area contributed by atoms with Gasteiger partial charge in [-0.2, -0.15) is 0 Å². The first-order valence-electron chi connectivity index (χ1n) is 7.13. The summed E-state index contributed by atoms with van der Waals surface area (Å²) in [7, 11) is 2.84. The van der Waals surface area contributed by atoms with Crippen LogP contribution in [-0.2, 0) is 0 Å². The highest BCUT2D eigenvalue weighted by atomic mass is 16.5. The van der Waals surface area contributed by atoms with Crippen LogP contribution in [0.4, 0.5) is 0 Å².